The number of carbonyl (C=O) groups is 1. The molecule has 13 heavy (non-hydrogen) atoms. The smallest absolute Gasteiger partial charge is 0.160 e. The summed E-state index contributed by atoms with van der Waals surface area (Å²) in [5, 5.41) is 0. The van der Waals surface area contributed by atoms with E-state index in [0.717, 1.165) is 23.3 Å². The largest absolute Gasteiger partial charge is 0.497 e. The number of hydrogen-bond donors (Lipinski definition) is 0. The maximum atomic E-state index is 11.2. The van der Waals surface area contributed by atoms with Gasteiger partial charge in [-0.1, -0.05) is 6.92 Å². The molecule has 0 saturated carbocycles. The van der Waals surface area contributed by atoms with Gasteiger partial charge in [0.05, 0.1) is 7.11 Å². The molecule has 1 aromatic rings. The average Bonchev–Trinajstić information content (AvgIpc) is 2.16. The predicted octanol–water partition coefficient (Wildman–Crippen LogP) is 2.46. The van der Waals surface area contributed by atoms with Gasteiger partial charge in [-0.2, -0.15) is 0 Å². The predicted molar refractivity (Wildman–Crippen MR) is 52.4 cm³/mol. The van der Waals surface area contributed by atoms with E-state index in [2.05, 4.69) is 0 Å². The highest BCUT2D eigenvalue weighted by Crippen LogP contribution is 2.18. The van der Waals surface area contributed by atoms with Crippen molar-refractivity contribution in [3.05, 3.63) is 29.3 Å². The van der Waals surface area contributed by atoms with Gasteiger partial charge in [0.2, 0.25) is 0 Å². The van der Waals surface area contributed by atoms with E-state index in [4.69, 9.17) is 4.74 Å². The highest BCUT2D eigenvalue weighted by molar-refractivity contribution is 5.95. The van der Waals surface area contributed by atoms with Gasteiger partial charge < -0.3 is 4.74 Å². The summed E-state index contributed by atoms with van der Waals surface area (Å²) in [4.78, 5) is 11.2. The highest BCUT2D eigenvalue weighted by atomic mass is 16.5. The summed E-state index contributed by atoms with van der Waals surface area (Å²) in [7, 11) is 1.63. The van der Waals surface area contributed by atoms with E-state index in [1.165, 1.54) is 0 Å². The molecule has 0 aliphatic heterocycles. The normalized spacial score (nSPS) is 9.77. The molecule has 0 radical (unpaired) electrons. The van der Waals surface area contributed by atoms with E-state index in [0.29, 0.717) is 0 Å². The lowest BCUT2D eigenvalue weighted by atomic mass is 10.0. The van der Waals surface area contributed by atoms with Crippen LogP contribution < -0.4 is 4.74 Å². The number of methoxy groups -OCH3 is 1. The topological polar surface area (TPSA) is 26.3 Å². The highest BCUT2D eigenvalue weighted by Gasteiger charge is 2.06. The minimum atomic E-state index is 0.111. The second-order valence-corrected chi connectivity index (χ2v) is 2.93. The second kappa shape index (κ2) is 4.08. The number of aryl methyl sites for hydroxylation is 1. The molecular formula is C11H14O2. The molecule has 0 aliphatic rings. The van der Waals surface area contributed by atoms with Crippen LogP contribution in [-0.2, 0) is 6.42 Å². The van der Waals surface area contributed by atoms with Crippen LogP contribution in [0.1, 0.15) is 29.8 Å². The van der Waals surface area contributed by atoms with Crippen molar-refractivity contribution in [3.63, 3.8) is 0 Å². The first-order valence-electron chi connectivity index (χ1n) is 4.37. The molecule has 0 bridgehead atoms. The van der Waals surface area contributed by atoms with Crippen LogP contribution in [0, 0.1) is 0 Å². The first-order chi connectivity index (χ1) is 6.19. The number of benzene rings is 1. The molecule has 0 spiro atoms. The summed E-state index contributed by atoms with van der Waals surface area (Å²) in [5.74, 6) is 0.918. The molecule has 70 valence electrons. The molecule has 2 nitrogen and oxygen atoms in total. The Balaban J connectivity index is 3.15. The van der Waals surface area contributed by atoms with Crippen molar-refractivity contribution in [2.24, 2.45) is 0 Å². The number of rotatable bonds is 3. The van der Waals surface area contributed by atoms with Crippen LogP contribution in [0.4, 0.5) is 0 Å². The van der Waals surface area contributed by atoms with Gasteiger partial charge in [0.1, 0.15) is 5.75 Å². The third-order valence-corrected chi connectivity index (χ3v) is 2.07. The lowest BCUT2D eigenvalue weighted by Gasteiger charge is -2.06. The zero-order valence-corrected chi connectivity index (χ0v) is 8.26. The monoisotopic (exact) mass is 178 g/mol. The van der Waals surface area contributed by atoms with E-state index in [-0.39, 0.29) is 5.78 Å². The Bertz CT molecular complexity index is 316. The van der Waals surface area contributed by atoms with Crippen LogP contribution in [-0.4, -0.2) is 12.9 Å². The third kappa shape index (κ3) is 2.08. The van der Waals surface area contributed by atoms with Crippen molar-refractivity contribution < 1.29 is 9.53 Å². The van der Waals surface area contributed by atoms with Crippen LogP contribution in [0.25, 0.3) is 0 Å². The van der Waals surface area contributed by atoms with E-state index < -0.39 is 0 Å². The van der Waals surface area contributed by atoms with Crippen LogP contribution >= 0.6 is 0 Å². The second-order valence-electron chi connectivity index (χ2n) is 2.93. The van der Waals surface area contributed by atoms with Crippen molar-refractivity contribution in [1.82, 2.24) is 0 Å². The molecule has 0 aliphatic carbocycles. The molecule has 0 atom stereocenters. The lowest BCUT2D eigenvalue weighted by Crippen LogP contribution is -1.99. The Kier molecular flexibility index (Phi) is 3.07. The lowest BCUT2D eigenvalue weighted by molar-refractivity contribution is 0.101. The van der Waals surface area contributed by atoms with Gasteiger partial charge in [0.15, 0.2) is 5.78 Å². The van der Waals surface area contributed by atoms with Crippen LogP contribution in [0.5, 0.6) is 5.75 Å². The Hall–Kier alpha value is -1.31. The molecule has 0 heterocycles. The van der Waals surface area contributed by atoms with Crippen LogP contribution in [0.2, 0.25) is 0 Å². The fraction of sp³-hybridized carbons (Fsp3) is 0.364. The van der Waals surface area contributed by atoms with Crippen molar-refractivity contribution in [3.8, 4) is 5.75 Å². The quantitative estimate of drug-likeness (QED) is 0.664. The van der Waals surface area contributed by atoms with Gasteiger partial charge in [-0.25, -0.2) is 0 Å². The Morgan fingerprint density at radius 3 is 2.62 bits per heavy atom. The Labute approximate surface area is 78.5 Å². The summed E-state index contributed by atoms with van der Waals surface area (Å²) in [6.07, 6.45) is 0.853. The van der Waals surface area contributed by atoms with Gasteiger partial charge >= 0.3 is 0 Å². The number of carbonyl (C=O) groups excluding carboxylic acids is 1. The summed E-state index contributed by atoms with van der Waals surface area (Å²) in [5.41, 5.74) is 1.84. The van der Waals surface area contributed by atoms with Crippen LogP contribution in [0.15, 0.2) is 18.2 Å². The third-order valence-electron chi connectivity index (χ3n) is 2.07. The van der Waals surface area contributed by atoms with Gasteiger partial charge in [0.25, 0.3) is 0 Å². The maximum absolute atomic E-state index is 11.2. The zero-order valence-electron chi connectivity index (χ0n) is 8.26. The number of Topliss-reactive ketones (excluding diaryl/α,β-unsaturated/α-hetero) is 1. The summed E-state index contributed by atoms with van der Waals surface area (Å²) < 4.78 is 5.08. The minimum Gasteiger partial charge on any atom is -0.497 e. The molecular weight excluding hydrogens is 164 g/mol. The summed E-state index contributed by atoms with van der Waals surface area (Å²) in [6.45, 7) is 3.61. The maximum Gasteiger partial charge on any atom is 0.160 e. The van der Waals surface area contributed by atoms with E-state index in [1.54, 1.807) is 14.0 Å². The first kappa shape index (κ1) is 9.78. The molecule has 0 saturated heterocycles. The van der Waals surface area contributed by atoms with Gasteiger partial charge in [-0.15, -0.1) is 0 Å². The Morgan fingerprint density at radius 2 is 2.15 bits per heavy atom. The Morgan fingerprint density at radius 1 is 1.46 bits per heavy atom. The molecule has 1 aromatic carbocycles. The molecule has 0 amide bonds. The van der Waals surface area contributed by atoms with Crippen LogP contribution in [0.3, 0.4) is 0 Å². The minimum absolute atomic E-state index is 0.111. The molecule has 1 rings (SSSR count). The standard InChI is InChI=1S/C11H14O2/c1-4-9-7-10(13-3)5-6-11(9)8(2)12/h5-7H,4H2,1-3H3. The molecule has 0 unspecified atom stereocenters. The van der Waals surface area contributed by atoms with Gasteiger partial charge in [-0.3, -0.25) is 4.79 Å². The SMILES string of the molecule is CCc1cc(OC)ccc1C(C)=O. The van der Waals surface area contributed by atoms with Crippen molar-refractivity contribution >= 4 is 5.78 Å². The fourth-order valence-corrected chi connectivity index (χ4v) is 1.33. The summed E-state index contributed by atoms with van der Waals surface area (Å²) in [6, 6.07) is 5.55. The molecule has 0 fully saturated rings. The first-order valence-corrected chi connectivity index (χ1v) is 4.37. The van der Waals surface area contributed by atoms with Gasteiger partial charge in [0, 0.05) is 5.56 Å². The van der Waals surface area contributed by atoms with Crippen molar-refractivity contribution in [2.75, 3.05) is 7.11 Å². The van der Waals surface area contributed by atoms with Gasteiger partial charge in [-0.05, 0) is 37.1 Å². The van der Waals surface area contributed by atoms with Crippen molar-refractivity contribution in [1.29, 1.82) is 0 Å². The van der Waals surface area contributed by atoms with E-state index in [1.807, 2.05) is 25.1 Å². The molecule has 0 aromatic heterocycles. The molecule has 0 N–H and O–H groups in total. The number of ether oxygens (including phenoxy) is 1. The number of hydrogen-bond acceptors (Lipinski definition) is 2. The van der Waals surface area contributed by atoms with E-state index >= 15 is 0 Å². The average molecular weight is 178 g/mol. The fourth-order valence-electron chi connectivity index (χ4n) is 1.33. The zero-order chi connectivity index (χ0) is 9.84. The van der Waals surface area contributed by atoms with Crippen molar-refractivity contribution in [2.45, 2.75) is 20.3 Å². The summed E-state index contributed by atoms with van der Waals surface area (Å²) >= 11 is 0. The van der Waals surface area contributed by atoms with E-state index in [9.17, 15) is 4.79 Å². The molecule has 2 heteroatoms. The number of ketones is 1.